The second-order valence-corrected chi connectivity index (χ2v) is 2.24. The molecule has 0 aromatic carbocycles. The van der Waals surface area contributed by atoms with Crippen molar-refractivity contribution in [1.29, 1.82) is 0 Å². The molecule has 1 aliphatic carbocycles. The second kappa shape index (κ2) is 2.14. The smallest absolute Gasteiger partial charge is 0.344 e. The number of alkyl halides is 3. The van der Waals surface area contributed by atoms with Crippen LogP contribution in [0.4, 0.5) is 13.2 Å². The topological polar surface area (TPSA) is 29.1 Å². The lowest BCUT2D eigenvalue weighted by atomic mass is 10.4. The monoisotopic (exact) mass is 152 g/mol. The predicted octanol–water partition coefficient (Wildman–Crippen LogP) is 0.594. The maximum Gasteiger partial charge on any atom is 0.393 e. The molecule has 1 saturated carbocycles. The molecule has 10 heavy (non-hydrogen) atoms. The molecule has 0 aromatic rings. The molecule has 2 nitrogen and oxygen atoms in total. The van der Waals surface area contributed by atoms with Gasteiger partial charge in [-0.25, -0.2) is 0 Å². The Morgan fingerprint density at radius 1 is 1.50 bits per heavy atom. The lowest BCUT2D eigenvalue weighted by Crippen LogP contribution is -2.22. The molecule has 0 bridgehead atoms. The Kier molecular flexibility index (Phi) is 1.58. The van der Waals surface area contributed by atoms with Gasteiger partial charge >= 0.3 is 12.6 Å². The molecule has 57 valence electrons. The fraction of sp³-hybridized carbons (Fsp3) is 0.800. The number of nitrogens with one attached hydrogen (secondary N) is 1. The van der Waals surface area contributed by atoms with E-state index >= 15 is 0 Å². The summed E-state index contributed by atoms with van der Waals surface area (Å²) in [5, 5.41) is 1.95. The van der Waals surface area contributed by atoms with E-state index < -0.39 is 18.1 Å². The van der Waals surface area contributed by atoms with Gasteiger partial charge in [0.2, 0.25) is 0 Å². The van der Waals surface area contributed by atoms with Crippen LogP contribution in [0.25, 0.3) is 0 Å². The number of rotatable bonds is 2. The molecule has 1 fully saturated rings. The highest BCUT2D eigenvalue weighted by molar-refractivity contribution is 5.48. The third kappa shape index (κ3) is 1.40. The number of carbonyl (C=O) groups excluding carboxylic acids is 1. The lowest BCUT2D eigenvalue weighted by Gasteiger charge is -2.02. The molecule has 1 amide bonds. The minimum atomic E-state index is -4.16. The standard InChI is InChI=1S/C5H5F3NO/c6-5(7,8)3-1-4(3)9-2-10/h3-4H,1H2,(H,9,10). The van der Waals surface area contributed by atoms with Crippen LogP contribution in [0.3, 0.4) is 0 Å². The second-order valence-electron chi connectivity index (χ2n) is 2.24. The van der Waals surface area contributed by atoms with Gasteiger partial charge in [0, 0.05) is 6.04 Å². The molecule has 5 heteroatoms. The van der Waals surface area contributed by atoms with E-state index in [0.717, 1.165) is 0 Å². The molecular weight excluding hydrogens is 147 g/mol. The highest BCUT2D eigenvalue weighted by Gasteiger charge is 2.55. The van der Waals surface area contributed by atoms with E-state index in [0.29, 0.717) is 0 Å². The van der Waals surface area contributed by atoms with Crippen LogP contribution in [0.15, 0.2) is 0 Å². The summed E-state index contributed by atoms with van der Waals surface area (Å²) in [7, 11) is 0. The average Bonchev–Trinajstić information content (AvgIpc) is 2.44. The Morgan fingerprint density at radius 2 is 2.10 bits per heavy atom. The molecule has 2 atom stereocenters. The summed E-state index contributed by atoms with van der Waals surface area (Å²) in [5.74, 6) is -1.34. The molecule has 1 N–H and O–H groups in total. The van der Waals surface area contributed by atoms with Crippen LogP contribution in [0, 0.1) is 5.92 Å². The van der Waals surface area contributed by atoms with E-state index in [-0.39, 0.29) is 6.42 Å². The summed E-state index contributed by atoms with van der Waals surface area (Å²) in [6, 6.07) is -0.725. The Morgan fingerprint density at radius 3 is 2.40 bits per heavy atom. The van der Waals surface area contributed by atoms with Gasteiger partial charge in [-0.1, -0.05) is 0 Å². The zero-order chi connectivity index (χ0) is 7.78. The van der Waals surface area contributed by atoms with E-state index in [1.165, 1.54) is 6.41 Å². The van der Waals surface area contributed by atoms with Crippen molar-refractivity contribution < 1.29 is 18.0 Å². The molecule has 1 radical (unpaired) electrons. The Bertz CT molecular complexity index is 144. The van der Waals surface area contributed by atoms with Crippen LogP contribution in [0.5, 0.6) is 0 Å². The zero-order valence-corrected chi connectivity index (χ0v) is 4.90. The number of halogens is 3. The maximum absolute atomic E-state index is 11.6. The minimum absolute atomic E-state index is 0.00125. The van der Waals surface area contributed by atoms with Gasteiger partial charge in [-0.15, -0.1) is 0 Å². The first-order valence-corrected chi connectivity index (χ1v) is 2.75. The van der Waals surface area contributed by atoms with Crippen molar-refractivity contribution in [2.24, 2.45) is 5.92 Å². The van der Waals surface area contributed by atoms with Crippen LogP contribution >= 0.6 is 0 Å². The summed E-state index contributed by atoms with van der Waals surface area (Å²) in [6.07, 6.45) is -2.93. The van der Waals surface area contributed by atoms with Crippen molar-refractivity contribution in [2.45, 2.75) is 18.6 Å². The minimum Gasteiger partial charge on any atom is -0.344 e. The highest BCUT2D eigenvalue weighted by atomic mass is 19.4. The SMILES string of the molecule is O=[C]NC1CC1C(F)(F)F. The highest BCUT2D eigenvalue weighted by Crippen LogP contribution is 2.44. The molecule has 1 aliphatic rings. The normalized spacial score (nSPS) is 31.5. The number of hydrogen-bond acceptors (Lipinski definition) is 1. The van der Waals surface area contributed by atoms with Gasteiger partial charge in [0.15, 0.2) is 0 Å². The Hall–Kier alpha value is -0.740. The van der Waals surface area contributed by atoms with Gasteiger partial charge in [-0.3, -0.25) is 4.79 Å². The van der Waals surface area contributed by atoms with E-state index in [4.69, 9.17) is 0 Å². The first-order valence-electron chi connectivity index (χ1n) is 2.75. The zero-order valence-electron chi connectivity index (χ0n) is 4.90. The fourth-order valence-electron chi connectivity index (χ4n) is 0.792. The van der Waals surface area contributed by atoms with Gasteiger partial charge in [0.05, 0.1) is 5.92 Å². The van der Waals surface area contributed by atoms with E-state index in [2.05, 4.69) is 0 Å². The van der Waals surface area contributed by atoms with Gasteiger partial charge in [0.25, 0.3) is 0 Å². The van der Waals surface area contributed by atoms with Crippen LogP contribution < -0.4 is 5.32 Å². The van der Waals surface area contributed by atoms with Crippen molar-refractivity contribution in [3.05, 3.63) is 0 Å². The van der Waals surface area contributed by atoms with E-state index in [1.807, 2.05) is 5.32 Å². The molecule has 0 spiro atoms. The van der Waals surface area contributed by atoms with Gasteiger partial charge < -0.3 is 5.32 Å². The molecule has 0 heterocycles. The summed E-state index contributed by atoms with van der Waals surface area (Å²) < 4.78 is 34.9. The largest absolute Gasteiger partial charge is 0.393 e. The lowest BCUT2D eigenvalue weighted by molar-refractivity contribution is -0.148. The quantitative estimate of drug-likeness (QED) is 0.576. The third-order valence-corrected chi connectivity index (χ3v) is 1.46. The van der Waals surface area contributed by atoms with Crippen LogP contribution in [-0.2, 0) is 4.79 Å². The molecule has 0 aromatic heterocycles. The van der Waals surface area contributed by atoms with Crippen molar-refractivity contribution in [2.75, 3.05) is 0 Å². The van der Waals surface area contributed by atoms with Gasteiger partial charge in [0.1, 0.15) is 0 Å². The molecule has 0 aliphatic heterocycles. The molecule has 2 unspecified atom stereocenters. The van der Waals surface area contributed by atoms with Gasteiger partial charge in [-0.05, 0) is 6.42 Å². The van der Waals surface area contributed by atoms with Gasteiger partial charge in [-0.2, -0.15) is 13.2 Å². The number of hydrogen-bond donors (Lipinski definition) is 1. The van der Waals surface area contributed by atoms with Crippen LogP contribution in [-0.4, -0.2) is 18.6 Å². The average molecular weight is 152 g/mol. The predicted molar refractivity (Wildman–Crippen MR) is 26.8 cm³/mol. The first kappa shape index (κ1) is 7.37. The van der Waals surface area contributed by atoms with Crippen molar-refractivity contribution in [3.63, 3.8) is 0 Å². The molecule has 1 rings (SSSR count). The first-order chi connectivity index (χ1) is 4.55. The fourth-order valence-corrected chi connectivity index (χ4v) is 0.792. The Balaban J connectivity index is 2.31. The van der Waals surface area contributed by atoms with Crippen LogP contribution in [0.2, 0.25) is 0 Å². The number of amides is 1. The summed E-state index contributed by atoms with van der Waals surface area (Å²) >= 11 is 0. The Labute approximate surface area is 55.4 Å². The van der Waals surface area contributed by atoms with Crippen molar-refractivity contribution in [3.8, 4) is 0 Å². The van der Waals surface area contributed by atoms with E-state index in [9.17, 15) is 18.0 Å². The van der Waals surface area contributed by atoms with Crippen molar-refractivity contribution in [1.82, 2.24) is 5.32 Å². The summed E-state index contributed by atoms with van der Waals surface area (Å²) in [6.45, 7) is 0. The van der Waals surface area contributed by atoms with Crippen LogP contribution in [0.1, 0.15) is 6.42 Å². The maximum atomic E-state index is 11.6. The molecular formula is C5H5F3NO. The summed E-state index contributed by atoms with van der Waals surface area (Å²) in [5.41, 5.74) is 0. The van der Waals surface area contributed by atoms with Crippen molar-refractivity contribution >= 4 is 6.41 Å². The van der Waals surface area contributed by atoms with E-state index in [1.54, 1.807) is 0 Å². The summed E-state index contributed by atoms with van der Waals surface area (Å²) in [4.78, 5) is 9.52. The third-order valence-electron chi connectivity index (χ3n) is 1.46. The molecule has 0 saturated heterocycles.